The Kier molecular flexibility index (Phi) is 7.87. The number of carbonyl (C=O) groups excluding carboxylic acids is 2. The van der Waals surface area contributed by atoms with Crippen molar-refractivity contribution in [3.63, 3.8) is 0 Å². The topological polar surface area (TPSA) is 84.2 Å². The van der Waals surface area contributed by atoms with Gasteiger partial charge in [0, 0.05) is 18.2 Å². The number of halogens is 1. The third kappa shape index (κ3) is 6.04. The zero-order chi connectivity index (χ0) is 14.4. The summed E-state index contributed by atoms with van der Waals surface area (Å²) in [6, 6.07) is 5.58. The van der Waals surface area contributed by atoms with Gasteiger partial charge in [0.15, 0.2) is 0 Å². The zero-order valence-electron chi connectivity index (χ0n) is 12.0. The molecule has 0 aliphatic heterocycles. The number of hydrogen-bond donors (Lipinski definition) is 3. The molecule has 2 amide bonds. The van der Waals surface area contributed by atoms with E-state index < -0.39 is 0 Å². The molecule has 1 unspecified atom stereocenters. The van der Waals surface area contributed by atoms with Crippen molar-refractivity contribution in [1.29, 1.82) is 0 Å². The van der Waals surface area contributed by atoms with E-state index in [4.69, 9.17) is 5.73 Å². The highest BCUT2D eigenvalue weighted by Crippen LogP contribution is 2.18. The van der Waals surface area contributed by atoms with Crippen LogP contribution in [-0.2, 0) is 9.59 Å². The molecular formula is C14H22ClN3O2. The molecule has 0 aromatic heterocycles. The SMILES string of the molecule is Cc1cccc(C)c1NC(=O)CNC(=O)CC(C)N.Cl. The molecule has 0 heterocycles. The molecule has 1 atom stereocenters. The predicted octanol–water partition coefficient (Wildman–Crippen LogP) is 1.52. The molecule has 1 aromatic rings. The summed E-state index contributed by atoms with van der Waals surface area (Å²) in [5.74, 6) is -0.456. The Morgan fingerprint density at radius 2 is 1.75 bits per heavy atom. The van der Waals surface area contributed by atoms with Crippen molar-refractivity contribution in [1.82, 2.24) is 5.32 Å². The van der Waals surface area contributed by atoms with Crippen LogP contribution in [0.3, 0.4) is 0 Å². The highest BCUT2D eigenvalue weighted by atomic mass is 35.5. The molecule has 1 rings (SSSR count). The van der Waals surface area contributed by atoms with E-state index in [-0.39, 0.29) is 43.2 Å². The van der Waals surface area contributed by atoms with Gasteiger partial charge in [0.05, 0.1) is 6.54 Å². The van der Waals surface area contributed by atoms with Gasteiger partial charge in [0.1, 0.15) is 0 Å². The molecule has 0 aliphatic carbocycles. The van der Waals surface area contributed by atoms with Crippen molar-refractivity contribution in [2.45, 2.75) is 33.2 Å². The monoisotopic (exact) mass is 299 g/mol. The van der Waals surface area contributed by atoms with E-state index in [1.54, 1.807) is 6.92 Å². The van der Waals surface area contributed by atoms with Gasteiger partial charge in [-0.15, -0.1) is 12.4 Å². The van der Waals surface area contributed by atoms with Crippen LogP contribution >= 0.6 is 12.4 Å². The second kappa shape index (κ2) is 8.55. The number of amides is 2. The number of nitrogens with one attached hydrogen (secondary N) is 2. The van der Waals surface area contributed by atoms with Crippen LogP contribution in [0.5, 0.6) is 0 Å². The highest BCUT2D eigenvalue weighted by Gasteiger charge is 2.09. The molecule has 0 saturated carbocycles. The lowest BCUT2D eigenvalue weighted by molar-refractivity contribution is -0.124. The van der Waals surface area contributed by atoms with Gasteiger partial charge in [-0.3, -0.25) is 9.59 Å². The number of hydrogen-bond acceptors (Lipinski definition) is 3. The smallest absolute Gasteiger partial charge is 0.243 e. The molecule has 0 saturated heterocycles. The summed E-state index contributed by atoms with van der Waals surface area (Å²) in [5.41, 5.74) is 8.29. The van der Waals surface area contributed by atoms with Gasteiger partial charge in [-0.2, -0.15) is 0 Å². The first-order valence-corrected chi connectivity index (χ1v) is 6.28. The van der Waals surface area contributed by atoms with E-state index >= 15 is 0 Å². The lowest BCUT2D eigenvalue weighted by Crippen LogP contribution is -2.35. The number of benzene rings is 1. The normalized spacial score (nSPS) is 11.2. The molecule has 4 N–H and O–H groups in total. The van der Waals surface area contributed by atoms with E-state index in [9.17, 15) is 9.59 Å². The maximum absolute atomic E-state index is 11.8. The first-order valence-electron chi connectivity index (χ1n) is 6.28. The third-order valence-corrected chi connectivity index (χ3v) is 2.70. The average molecular weight is 300 g/mol. The lowest BCUT2D eigenvalue weighted by Gasteiger charge is -2.12. The quantitative estimate of drug-likeness (QED) is 0.770. The standard InChI is InChI=1S/C14H21N3O2.ClH/c1-9-5-4-6-10(2)14(9)17-13(19)8-16-12(18)7-11(3)15;/h4-6,11H,7-8,15H2,1-3H3,(H,16,18)(H,17,19);1H. The Hall–Kier alpha value is -1.59. The molecule has 1 aromatic carbocycles. The Bertz CT molecular complexity index is 455. The van der Waals surface area contributed by atoms with Crippen LogP contribution in [0.15, 0.2) is 18.2 Å². The fraction of sp³-hybridized carbons (Fsp3) is 0.429. The van der Waals surface area contributed by atoms with E-state index in [1.165, 1.54) is 0 Å². The maximum Gasteiger partial charge on any atom is 0.243 e. The third-order valence-electron chi connectivity index (χ3n) is 2.70. The van der Waals surface area contributed by atoms with Gasteiger partial charge in [-0.25, -0.2) is 0 Å². The minimum absolute atomic E-state index is 0. The molecular weight excluding hydrogens is 278 g/mol. The lowest BCUT2D eigenvalue weighted by atomic mass is 10.1. The summed E-state index contributed by atoms with van der Waals surface area (Å²) in [5, 5.41) is 5.34. The second-order valence-corrected chi connectivity index (χ2v) is 4.77. The number of carbonyl (C=O) groups is 2. The van der Waals surface area contributed by atoms with E-state index in [2.05, 4.69) is 10.6 Å². The predicted molar refractivity (Wildman–Crippen MR) is 83.1 cm³/mol. The Balaban J connectivity index is 0.00000361. The molecule has 112 valence electrons. The Labute approximate surface area is 125 Å². The van der Waals surface area contributed by atoms with Crippen LogP contribution < -0.4 is 16.4 Å². The first-order chi connectivity index (χ1) is 8.90. The van der Waals surface area contributed by atoms with Gasteiger partial charge < -0.3 is 16.4 Å². The van der Waals surface area contributed by atoms with Crippen LogP contribution in [0.25, 0.3) is 0 Å². The van der Waals surface area contributed by atoms with Crippen molar-refractivity contribution >= 4 is 29.9 Å². The highest BCUT2D eigenvalue weighted by molar-refractivity contribution is 5.95. The minimum Gasteiger partial charge on any atom is -0.347 e. The average Bonchev–Trinajstić information content (AvgIpc) is 2.30. The summed E-state index contributed by atoms with van der Waals surface area (Å²) in [4.78, 5) is 23.1. The van der Waals surface area contributed by atoms with Crippen LogP contribution in [0.2, 0.25) is 0 Å². The van der Waals surface area contributed by atoms with Crippen molar-refractivity contribution in [2.75, 3.05) is 11.9 Å². The van der Waals surface area contributed by atoms with Crippen LogP contribution in [0.4, 0.5) is 5.69 Å². The molecule has 0 fully saturated rings. The number of rotatable bonds is 5. The summed E-state index contributed by atoms with van der Waals surface area (Å²) < 4.78 is 0. The Morgan fingerprint density at radius 1 is 1.20 bits per heavy atom. The largest absolute Gasteiger partial charge is 0.347 e. The number of aryl methyl sites for hydroxylation is 2. The molecule has 0 radical (unpaired) electrons. The van der Waals surface area contributed by atoms with Gasteiger partial charge in [-0.1, -0.05) is 18.2 Å². The summed E-state index contributed by atoms with van der Waals surface area (Å²) >= 11 is 0. The molecule has 0 bridgehead atoms. The summed E-state index contributed by atoms with van der Waals surface area (Å²) in [7, 11) is 0. The van der Waals surface area contributed by atoms with Crippen molar-refractivity contribution < 1.29 is 9.59 Å². The van der Waals surface area contributed by atoms with Crippen molar-refractivity contribution in [3.05, 3.63) is 29.3 Å². The summed E-state index contributed by atoms with van der Waals surface area (Å²) in [6.07, 6.45) is 0.219. The van der Waals surface area contributed by atoms with Gasteiger partial charge in [0.2, 0.25) is 11.8 Å². The second-order valence-electron chi connectivity index (χ2n) is 4.77. The molecule has 6 heteroatoms. The first kappa shape index (κ1) is 18.4. The fourth-order valence-corrected chi connectivity index (χ4v) is 1.74. The summed E-state index contributed by atoms with van der Waals surface area (Å²) in [6.45, 7) is 5.56. The molecule has 5 nitrogen and oxygen atoms in total. The van der Waals surface area contributed by atoms with Gasteiger partial charge in [0.25, 0.3) is 0 Å². The Morgan fingerprint density at radius 3 is 2.25 bits per heavy atom. The number of para-hydroxylation sites is 1. The van der Waals surface area contributed by atoms with Crippen LogP contribution in [0.1, 0.15) is 24.5 Å². The zero-order valence-corrected chi connectivity index (χ0v) is 12.8. The maximum atomic E-state index is 11.8. The minimum atomic E-state index is -0.240. The fourth-order valence-electron chi connectivity index (χ4n) is 1.74. The molecule has 0 spiro atoms. The van der Waals surface area contributed by atoms with Crippen LogP contribution in [0, 0.1) is 13.8 Å². The van der Waals surface area contributed by atoms with Crippen molar-refractivity contribution in [3.8, 4) is 0 Å². The van der Waals surface area contributed by atoms with Gasteiger partial charge in [-0.05, 0) is 31.9 Å². The van der Waals surface area contributed by atoms with E-state index in [0.717, 1.165) is 16.8 Å². The number of nitrogens with two attached hydrogens (primary N) is 1. The van der Waals surface area contributed by atoms with E-state index in [1.807, 2.05) is 32.0 Å². The van der Waals surface area contributed by atoms with Gasteiger partial charge >= 0.3 is 0 Å². The van der Waals surface area contributed by atoms with Crippen molar-refractivity contribution in [2.24, 2.45) is 5.73 Å². The van der Waals surface area contributed by atoms with E-state index in [0.29, 0.717) is 0 Å². The molecule has 20 heavy (non-hydrogen) atoms. The number of anilines is 1. The van der Waals surface area contributed by atoms with Crippen LogP contribution in [-0.4, -0.2) is 24.4 Å². The molecule has 0 aliphatic rings.